The number of aromatic nitrogens is 3. The molecule has 0 saturated heterocycles. The predicted octanol–water partition coefficient (Wildman–Crippen LogP) is 3.45. The molecule has 2 heterocycles. The van der Waals surface area contributed by atoms with Crippen LogP contribution in [0.3, 0.4) is 0 Å². The molecule has 0 fully saturated rings. The van der Waals surface area contributed by atoms with E-state index in [1.807, 2.05) is 18.2 Å². The Hall–Kier alpha value is -3.68. The van der Waals surface area contributed by atoms with Gasteiger partial charge in [0, 0.05) is 29.4 Å². The van der Waals surface area contributed by atoms with Crippen molar-refractivity contribution in [2.24, 2.45) is 0 Å². The minimum Gasteiger partial charge on any atom is -0.493 e. The second kappa shape index (κ2) is 6.32. The zero-order valence-electron chi connectivity index (χ0n) is 14.0. The van der Waals surface area contributed by atoms with Crippen LogP contribution >= 0.6 is 0 Å². The van der Waals surface area contributed by atoms with E-state index in [1.165, 1.54) is 20.4 Å². The van der Waals surface area contributed by atoms with Gasteiger partial charge in [-0.3, -0.25) is 4.79 Å². The lowest BCUT2D eigenvalue weighted by Gasteiger charge is -2.12. The molecule has 2 aromatic carbocycles. The average molecular weight is 350 g/mol. The van der Waals surface area contributed by atoms with E-state index in [4.69, 9.17) is 14.0 Å². The lowest BCUT2D eigenvalue weighted by Crippen LogP contribution is -2.04. The molecule has 1 N–H and O–H groups in total. The largest absolute Gasteiger partial charge is 0.493 e. The van der Waals surface area contributed by atoms with Crippen LogP contribution in [0.2, 0.25) is 0 Å². The third kappa shape index (κ3) is 2.88. The third-order valence-electron chi connectivity index (χ3n) is 3.79. The van der Waals surface area contributed by atoms with Crippen molar-refractivity contribution >= 4 is 39.3 Å². The van der Waals surface area contributed by atoms with Crippen molar-refractivity contribution in [2.75, 3.05) is 12.4 Å². The maximum Gasteiger partial charge on any atom is 0.308 e. The second-order valence-electron chi connectivity index (χ2n) is 5.54. The first-order chi connectivity index (χ1) is 12.6. The first kappa shape index (κ1) is 15.8. The molecule has 0 saturated carbocycles. The van der Waals surface area contributed by atoms with Crippen LogP contribution in [0.5, 0.6) is 11.5 Å². The number of esters is 1. The summed E-state index contributed by atoms with van der Waals surface area (Å²) in [6.07, 6.45) is 3.09. The molecule has 0 amide bonds. The minimum atomic E-state index is -0.438. The molecule has 26 heavy (non-hydrogen) atoms. The molecule has 8 heteroatoms. The van der Waals surface area contributed by atoms with Crippen molar-refractivity contribution in [2.45, 2.75) is 6.92 Å². The topological polar surface area (TPSA) is 99.4 Å². The fourth-order valence-corrected chi connectivity index (χ4v) is 2.64. The summed E-state index contributed by atoms with van der Waals surface area (Å²) in [6, 6.07) is 8.95. The Morgan fingerprint density at radius 3 is 2.85 bits per heavy atom. The molecule has 0 atom stereocenters. The van der Waals surface area contributed by atoms with Gasteiger partial charge in [-0.25, -0.2) is 9.97 Å². The monoisotopic (exact) mass is 350 g/mol. The number of nitrogens with zero attached hydrogens (tertiary/aromatic N) is 3. The van der Waals surface area contributed by atoms with E-state index < -0.39 is 5.97 Å². The molecule has 8 nitrogen and oxygen atoms in total. The first-order valence-electron chi connectivity index (χ1n) is 7.76. The summed E-state index contributed by atoms with van der Waals surface area (Å²) in [6.45, 7) is 1.33. The lowest BCUT2D eigenvalue weighted by molar-refractivity contribution is -0.132. The molecule has 4 rings (SSSR count). The van der Waals surface area contributed by atoms with Gasteiger partial charge in [0.05, 0.1) is 18.8 Å². The quantitative estimate of drug-likeness (QED) is 0.441. The van der Waals surface area contributed by atoms with Crippen LogP contribution in [-0.4, -0.2) is 28.2 Å². The highest BCUT2D eigenvalue weighted by molar-refractivity contribution is 5.94. The zero-order chi connectivity index (χ0) is 18.1. The Balaban J connectivity index is 1.79. The van der Waals surface area contributed by atoms with Crippen molar-refractivity contribution in [3.05, 3.63) is 42.9 Å². The molecule has 0 radical (unpaired) electrons. The molecule has 4 aromatic rings. The molecule has 130 valence electrons. The Morgan fingerprint density at radius 2 is 2.04 bits per heavy atom. The van der Waals surface area contributed by atoms with Crippen molar-refractivity contribution in [1.82, 2.24) is 15.1 Å². The van der Waals surface area contributed by atoms with Crippen LogP contribution in [0.1, 0.15) is 6.92 Å². The summed E-state index contributed by atoms with van der Waals surface area (Å²) < 4.78 is 15.6. The van der Waals surface area contributed by atoms with E-state index in [0.717, 1.165) is 11.1 Å². The molecule has 2 aromatic heterocycles. The third-order valence-corrected chi connectivity index (χ3v) is 3.79. The summed E-state index contributed by atoms with van der Waals surface area (Å²) in [5.74, 6) is 0.858. The Kier molecular flexibility index (Phi) is 3.85. The Morgan fingerprint density at radius 1 is 1.15 bits per heavy atom. The number of hydrogen-bond donors (Lipinski definition) is 1. The van der Waals surface area contributed by atoms with E-state index in [1.54, 1.807) is 18.3 Å². The highest BCUT2D eigenvalue weighted by Crippen LogP contribution is 2.35. The number of carbonyl (C=O) groups is 1. The first-order valence-corrected chi connectivity index (χ1v) is 7.76. The fourth-order valence-electron chi connectivity index (χ4n) is 2.64. The summed E-state index contributed by atoms with van der Waals surface area (Å²) in [7, 11) is 1.50. The van der Waals surface area contributed by atoms with Crippen molar-refractivity contribution in [3.63, 3.8) is 0 Å². The van der Waals surface area contributed by atoms with Crippen LogP contribution in [0.15, 0.2) is 47.4 Å². The number of carbonyl (C=O) groups excluding carboxylic acids is 1. The Labute approximate surface area is 147 Å². The van der Waals surface area contributed by atoms with Gasteiger partial charge in [0.15, 0.2) is 17.1 Å². The van der Waals surface area contributed by atoms with E-state index in [9.17, 15) is 4.79 Å². The zero-order valence-corrected chi connectivity index (χ0v) is 14.0. The molecule has 0 bridgehead atoms. The van der Waals surface area contributed by atoms with Crippen molar-refractivity contribution in [3.8, 4) is 11.5 Å². The summed E-state index contributed by atoms with van der Waals surface area (Å²) in [5.41, 5.74) is 2.16. The van der Waals surface area contributed by atoms with Crippen LogP contribution in [0, 0.1) is 0 Å². The van der Waals surface area contributed by atoms with Gasteiger partial charge in [-0.15, -0.1) is 0 Å². The van der Waals surface area contributed by atoms with Crippen LogP contribution in [0.25, 0.3) is 21.9 Å². The summed E-state index contributed by atoms with van der Waals surface area (Å²) >= 11 is 0. The van der Waals surface area contributed by atoms with E-state index in [2.05, 4.69) is 20.4 Å². The van der Waals surface area contributed by atoms with E-state index in [0.29, 0.717) is 33.8 Å². The van der Waals surface area contributed by atoms with Crippen LogP contribution in [0.4, 0.5) is 11.5 Å². The molecule has 0 aliphatic rings. The molecule has 0 aliphatic heterocycles. The lowest BCUT2D eigenvalue weighted by atomic mass is 10.2. The maximum absolute atomic E-state index is 11.4. The van der Waals surface area contributed by atoms with Gasteiger partial charge in [-0.1, -0.05) is 5.16 Å². The number of ether oxygens (including phenoxy) is 2. The molecule has 0 spiro atoms. The van der Waals surface area contributed by atoms with Gasteiger partial charge >= 0.3 is 5.97 Å². The summed E-state index contributed by atoms with van der Waals surface area (Å²) in [4.78, 5) is 19.9. The van der Waals surface area contributed by atoms with Crippen molar-refractivity contribution in [1.29, 1.82) is 0 Å². The standard InChI is InChI=1S/C18H14N4O4/c1-10(23)25-17-6-13-14(7-16(17)24-2)19-9-20-18(13)22-12-3-4-15-11(5-12)8-21-26-15/h3-9H,1-2H3,(H,19,20,22). The van der Waals surface area contributed by atoms with Crippen molar-refractivity contribution < 1.29 is 18.8 Å². The molecular weight excluding hydrogens is 336 g/mol. The number of rotatable bonds is 4. The highest BCUT2D eigenvalue weighted by atomic mass is 16.6. The number of nitrogens with one attached hydrogen (secondary N) is 1. The average Bonchev–Trinajstić information content (AvgIpc) is 3.09. The van der Waals surface area contributed by atoms with Gasteiger partial charge in [-0.05, 0) is 24.3 Å². The van der Waals surface area contributed by atoms with Crippen LogP contribution in [-0.2, 0) is 4.79 Å². The van der Waals surface area contributed by atoms with E-state index >= 15 is 0 Å². The van der Waals surface area contributed by atoms with Crippen LogP contribution < -0.4 is 14.8 Å². The predicted molar refractivity (Wildman–Crippen MR) is 94.7 cm³/mol. The minimum absolute atomic E-state index is 0.305. The normalized spacial score (nSPS) is 10.8. The number of benzene rings is 2. The Bertz CT molecular complexity index is 1120. The molecule has 0 unspecified atom stereocenters. The number of hydrogen-bond acceptors (Lipinski definition) is 8. The highest BCUT2D eigenvalue weighted by Gasteiger charge is 2.13. The SMILES string of the molecule is COc1cc2ncnc(Nc3ccc4oncc4c3)c2cc1OC(C)=O. The fraction of sp³-hybridized carbons (Fsp3) is 0.111. The van der Waals surface area contributed by atoms with E-state index in [-0.39, 0.29) is 0 Å². The van der Waals surface area contributed by atoms with Gasteiger partial charge in [0.25, 0.3) is 0 Å². The van der Waals surface area contributed by atoms with Gasteiger partial charge in [0.1, 0.15) is 12.1 Å². The molecule has 0 aliphatic carbocycles. The van der Waals surface area contributed by atoms with Gasteiger partial charge in [0.2, 0.25) is 0 Å². The molecular formula is C18H14N4O4. The van der Waals surface area contributed by atoms with Gasteiger partial charge in [-0.2, -0.15) is 0 Å². The smallest absolute Gasteiger partial charge is 0.308 e. The van der Waals surface area contributed by atoms with Gasteiger partial charge < -0.3 is 19.3 Å². The summed E-state index contributed by atoms with van der Waals surface area (Å²) in [5, 5.41) is 8.57. The number of fused-ring (bicyclic) bond motifs is 2. The second-order valence-corrected chi connectivity index (χ2v) is 5.54. The number of methoxy groups -OCH3 is 1. The number of anilines is 2. The maximum atomic E-state index is 11.4.